The summed E-state index contributed by atoms with van der Waals surface area (Å²) in [6.07, 6.45) is 0. The lowest BCUT2D eigenvalue weighted by Crippen LogP contribution is -2.18. The Hall–Kier alpha value is -2.97. The van der Waals surface area contributed by atoms with Crippen molar-refractivity contribution in [3.05, 3.63) is 82.2 Å². The minimum atomic E-state index is -3.82. The predicted molar refractivity (Wildman–Crippen MR) is 112 cm³/mol. The molecule has 0 aliphatic carbocycles. The van der Waals surface area contributed by atoms with Gasteiger partial charge in [0.15, 0.2) is 12.4 Å². The van der Waals surface area contributed by atoms with Gasteiger partial charge in [0.25, 0.3) is 10.0 Å². The number of esters is 1. The minimum absolute atomic E-state index is 0.0283. The Morgan fingerprint density at radius 1 is 1.00 bits per heavy atom. The summed E-state index contributed by atoms with van der Waals surface area (Å²) in [7, 11) is -3.82. The van der Waals surface area contributed by atoms with E-state index < -0.39 is 22.6 Å². The van der Waals surface area contributed by atoms with Gasteiger partial charge in [-0.3, -0.25) is 9.52 Å². The van der Waals surface area contributed by atoms with Crippen LogP contribution in [0.4, 0.5) is 5.69 Å². The lowest BCUT2D eigenvalue weighted by molar-refractivity contribution is 0.0476. The molecule has 1 heterocycles. The molecule has 0 saturated heterocycles. The van der Waals surface area contributed by atoms with Crippen molar-refractivity contribution in [1.82, 2.24) is 0 Å². The van der Waals surface area contributed by atoms with Crippen LogP contribution in [-0.2, 0) is 14.8 Å². The van der Waals surface area contributed by atoms with E-state index in [1.54, 1.807) is 35.7 Å². The molecule has 0 radical (unpaired) electrons. The molecule has 29 heavy (non-hydrogen) atoms. The van der Waals surface area contributed by atoms with Crippen molar-refractivity contribution in [2.24, 2.45) is 0 Å². The number of nitrogens with one attached hydrogen (secondary N) is 1. The van der Waals surface area contributed by atoms with Crippen LogP contribution in [0, 0.1) is 13.8 Å². The average molecular weight is 430 g/mol. The van der Waals surface area contributed by atoms with E-state index in [1.807, 2.05) is 19.9 Å². The third-order valence-electron chi connectivity index (χ3n) is 4.31. The van der Waals surface area contributed by atoms with Crippen LogP contribution in [0.3, 0.4) is 0 Å². The van der Waals surface area contributed by atoms with Crippen LogP contribution in [-0.4, -0.2) is 26.8 Å². The average Bonchev–Trinajstić information content (AvgIpc) is 3.24. The third kappa shape index (κ3) is 4.90. The molecule has 3 rings (SSSR count). The van der Waals surface area contributed by atoms with E-state index in [0.717, 1.165) is 22.5 Å². The van der Waals surface area contributed by atoms with Crippen LogP contribution in [0.5, 0.6) is 0 Å². The number of hydrogen-bond donors (Lipinski definition) is 1. The summed E-state index contributed by atoms with van der Waals surface area (Å²) in [5, 5.41) is 1.65. The Labute approximate surface area is 173 Å². The Morgan fingerprint density at radius 3 is 2.45 bits per heavy atom. The van der Waals surface area contributed by atoms with Crippen LogP contribution in [0.25, 0.3) is 0 Å². The number of carbonyl (C=O) groups excluding carboxylic acids is 2. The molecule has 0 saturated carbocycles. The molecule has 3 aromatic rings. The van der Waals surface area contributed by atoms with Crippen molar-refractivity contribution in [2.45, 2.75) is 18.1 Å². The van der Waals surface area contributed by atoms with Crippen molar-refractivity contribution >= 4 is 38.8 Å². The number of carbonyl (C=O) groups is 2. The first-order valence-electron chi connectivity index (χ1n) is 8.71. The summed E-state index contributed by atoms with van der Waals surface area (Å²) in [6, 6.07) is 14.4. The molecular weight excluding hydrogens is 410 g/mol. The maximum atomic E-state index is 12.5. The van der Waals surface area contributed by atoms with Crippen molar-refractivity contribution in [3.8, 4) is 0 Å². The zero-order valence-electron chi connectivity index (χ0n) is 15.8. The molecule has 0 aliphatic heterocycles. The van der Waals surface area contributed by atoms with Crippen molar-refractivity contribution in [1.29, 1.82) is 0 Å². The summed E-state index contributed by atoms with van der Waals surface area (Å²) in [4.78, 5) is 24.8. The van der Waals surface area contributed by atoms with Crippen molar-refractivity contribution < 1.29 is 22.7 Å². The van der Waals surface area contributed by atoms with Gasteiger partial charge in [0.2, 0.25) is 0 Å². The Bertz CT molecular complexity index is 1150. The molecule has 2 aromatic carbocycles. The number of thiophene rings is 1. The SMILES string of the molecule is Cc1ccc(C(=O)COC(=O)c2ccccc2NS(=O)(=O)c2cccs2)cc1C. The molecule has 0 amide bonds. The number of rotatable bonds is 7. The summed E-state index contributed by atoms with van der Waals surface area (Å²) < 4.78 is 32.6. The Morgan fingerprint density at radius 2 is 1.76 bits per heavy atom. The highest BCUT2D eigenvalue weighted by atomic mass is 32.2. The molecular formula is C21H19NO5S2. The molecule has 0 unspecified atom stereocenters. The second-order valence-corrected chi connectivity index (χ2v) is 9.24. The number of para-hydroxylation sites is 1. The fourth-order valence-electron chi connectivity index (χ4n) is 2.57. The summed E-state index contributed by atoms with van der Waals surface area (Å²) >= 11 is 1.07. The molecule has 0 bridgehead atoms. The van der Waals surface area contributed by atoms with Gasteiger partial charge in [0, 0.05) is 5.56 Å². The standard InChI is InChI=1S/C21H19NO5S2/c1-14-9-10-16(12-15(14)2)19(23)13-27-21(24)17-6-3-4-7-18(17)22-29(25,26)20-8-5-11-28-20/h3-12,22H,13H2,1-2H3. The monoisotopic (exact) mass is 429 g/mol. The maximum Gasteiger partial charge on any atom is 0.340 e. The van der Waals surface area contributed by atoms with Crippen LogP contribution in [0.2, 0.25) is 0 Å². The fraction of sp³-hybridized carbons (Fsp3) is 0.143. The largest absolute Gasteiger partial charge is 0.454 e. The number of anilines is 1. The molecule has 0 fully saturated rings. The lowest BCUT2D eigenvalue weighted by Gasteiger charge is -2.11. The van der Waals surface area contributed by atoms with Gasteiger partial charge in [-0.05, 0) is 54.6 Å². The summed E-state index contributed by atoms with van der Waals surface area (Å²) in [6.45, 7) is 3.40. The normalized spacial score (nSPS) is 11.1. The van der Waals surface area contributed by atoms with Gasteiger partial charge in [-0.15, -0.1) is 11.3 Å². The van der Waals surface area contributed by atoms with Gasteiger partial charge >= 0.3 is 5.97 Å². The van der Waals surface area contributed by atoms with Gasteiger partial charge in [0.1, 0.15) is 4.21 Å². The quantitative estimate of drug-likeness (QED) is 0.449. The number of benzene rings is 2. The molecule has 1 aromatic heterocycles. The molecule has 0 atom stereocenters. The van der Waals surface area contributed by atoms with Gasteiger partial charge in [-0.1, -0.05) is 30.3 Å². The second-order valence-electron chi connectivity index (χ2n) is 6.38. The van der Waals surface area contributed by atoms with Crippen LogP contribution < -0.4 is 4.72 Å². The smallest absolute Gasteiger partial charge is 0.340 e. The molecule has 0 aliphatic rings. The fourth-order valence-corrected chi connectivity index (χ4v) is 4.64. The topological polar surface area (TPSA) is 89.5 Å². The van der Waals surface area contributed by atoms with E-state index in [4.69, 9.17) is 4.74 Å². The number of hydrogen-bond acceptors (Lipinski definition) is 6. The third-order valence-corrected chi connectivity index (χ3v) is 7.08. The number of ether oxygens (including phenoxy) is 1. The van der Waals surface area contributed by atoms with E-state index in [0.29, 0.717) is 5.56 Å². The molecule has 8 heteroatoms. The first kappa shape index (κ1) is 20.8. The van der Waals surface area contributed by atoms with Gasteiger partial charge in [-0.25, -0.2) is 13.2 Å². The number of ketones is 1. The van der Waals surface area contributed by atoms with Crippen LogP contribution in [0.1, 0.15) is 31.8 Å². The molecule has 150 valence electrons. The summed E-state index contributed by atoms with van der Waals surface area (Å²) in [5.74, 6) is -1.12. The van der Waals surface area contributed by atoms with Crippen LogP contribution >= 0.6 is 11.3 Å². The first-order chi connectivity index (χ1) is 13.8. The number of aryl methyl sites for hydroxylation is 2. The minimum Gasteiger partial charge on any atom is -0.454 e. The Kier molecular flexibility index (Phi) is 6.14. The summed E-state index contributed by atoms with van der Waals surface area (Å²) in [5.41, 5.74) is 2.60. The van der Waals surface area contributed by atoms with Gasteiger partial charge in [0.05, 0.1) is 11.3 Å². The predicted octanol–water partition coefficient (Wildman–Crippen LogP) is 4.21. The first-order valence-corrected chi connectivity index (χ1v) is 11.1. The van der Waals surface area contributed by atoms with E-state index >= 15 is 0 Å². The van der Waals surface area contributed by atoms with Gasteiger partial charge < -0.3 is 4.74 Å². The van der Waals surface area contributed by atoms with Crippen molar-refractivity contribution in [3.63, 3.8) is 0 Å². The lowest BCUT2D eigenvalue weighted by atomic mass is 10.0. The zero-order valence-corrected chi connectivity index (χ0v) is 17.5. The zero-order chi connectivity index (χ0) is 21.0. The highest BCUT2D eigenvalue weighted by molar-refractivity contribution is 7.94. The number of sulfonamides is 1. The molecule has 0 spiro atoms. The maximum absolute atomic E-state index is 12.5. The van der Waals surface area contributed by atoms with Crippen molar-refractivity contribution in [2.75, 3.05) is 11.3 Å². The van der Waals surface area contributed by atoms with E-state index in [9.17, 15) is 18.0 Å². The molecule has 6 nitrogen and oxygen atoms in total. The number of Topliss-reactive ketones (excluding diaryl/α,β-unsaturated/α-hetero) is 1. The van der Waals surface area contributed by atoms with Crippen LogP contribution in [0.15, 0.2) is 64.2 Å². The van der Waals surface area contributed by atoms with Gasteiger partial charge in [-0.2, -0.15) is 0 Å². The highest BCUT2D eigenvalue weighted by Crippen LogP contribution is 2.23. The van der Waals surface area contributed by atoms with E-state index in [2.05, 4.69) is 4.72 Å². The van der Waals surface area contributed by atoms with E-state index in [1.165, 1.54) is 18.2 Å². The second kappa shape index (κ2) is 8.59. The molecule has 1 N–H and O–H groups in total. The highest BCUT2D eigenvalue weighted by Gasteiger charge is 2.21. The van der Waals surface area contributed by atoms with E-state index in [-0.39, 0.29) is 21.2 Å². The Balaban J connectivity index is 1.73.